The summed E-state index contributed by atoms with van der Waals surface area (Å²) in [5, 5.41) is 5.54. The van der Waals surface area contributed by atoms with Crippen molar-refractivity contribution >= 4 is 21.5 Å². The number of rotatable bonds is 1. The van der Waals surface area contributed by atoms with E-state index in [1.54, 1.807) is 5.57 Å². The molecule has 0 nitrogen and oxygen atoms in total. The summed E-state index contributed by atoms with van der Waals surface area (Å²) in [6.45, 7) is 2.26. The van der Waals surface area contributed by atoms with Gasteiger partial charge in [-0.15, -0.1) is 0 Å². The number of hydrogen-bond acceptors (Lipinski definition) is 0. The molecule has 0 fully saturated rings. The molecule has 0 aromatic heterocycles. The molecule has 4 rings (SSSR count). The maximum Gasteiger partial charge on any atom is -0.00640 e. The molecule has 20 heavy (non-hydrogen) atoms. The Bertz CT molecular complexity index is 837. The molecule has 0 heterocycles. The van der Waals surface area contributed by atoms with E-state index in [9.17, 15) is 0 Å². The van der Waals surface area contributed by atoms with Gasteiger partial charge in [-0.25, -0.2) is 0 Å². The number of hydrogen-bond donors (Lipinski definition) is 0. The Morgan fingerprint density at radius 2 is 1.70 bits per heavy atom. The van der Waals surface area contributed by atoms with Crippen molar-refractivity contribution in [3.63, 3.8) is 0 Å². The van der Waals surface area contributed by atoms with Crippen molar-refractivity contribution in [1.82, 2.24) is 0 Å². The van der Waals surface area contributed by atoms with Crippen molar-refractivity contribution in [3.8, 4) is 0 Å². The summed E-state index contributed by atoms with van der Waals surface area (Å²) in [5.74, 6) is 0. The predicted molar refractivity (Wildman–Crippen MR) is 87.2 cm³/mol. The molecule has 0 saturated heterocycles. The largest absolute Gasteiger partial charge is 0.0806 e. The zero-order valence-corrected chi connectivity index (χ0v) is 11.8. The molecule has 98 valence electrons. The van der Waals surface area contributed by atoms with Gasteiger partial charge in [0.25, 0.3) is 0 Å². The second-order valence-corrected chi connectivity index (χ2v) is 5.68. The highest BCUT2D eigenvalue weighted by molar-refractivity contribution is 6.08. The molecule has 0 atom stereocenters. The van der Waals surface area contributed by atoms with Gasteiger partial charge in [-0.3, -0.25) is 0 Å². The van der Waals surface area contributed by atoms with Gasteiger partial charge in [-0.2, -0.15) is 0 Å². The van der Waals surface area contributed by atoms with Crippen LogP contribution in [0.3, 0.4) is 0 Å². The Morgan fingerprint density at radius 3 is 2.60 bits per heavy atom. The van der Waals surface area contributed by atoms with Gasteiger partial charge in [0.05, 0.1) is 0 Å². The lowest BCUT2D eigenvalue weighted by Gasteiger charge is -2.19. The summed E-state index contributed by atoms with van der Waals surface area (Å²) in [6.07, 6.45) is 5.83. The zero-order valence-electron chi connectivity index (χ0n) is 11.8. The fourth-order valence-electron chi connectivity index (χ4n) is 3.44. The molecule has 1 aliphatic carbocycles. The quantitative estimate of drug-likeness (QED) is 0.403. The first kappa shape index (κ1) is 11.7. The monoisotopic (exact) mass is 258 g/mol. The third-order valence-corrected chi connectivity index (χ3v) is 4.60. The van der Waals surface area contributed by atoms with Gasteiger partial charge in [-0.1, -0.05) is 67.1 Å². The summed E-state index contributed by atoms with van der Waals surface area (Å²) < 4.78 is 0. The van der Waals surface area contributed by atoms with E-state index >= 15 is 0 Å². The second-order valence-electron chi connectivity index (χ2n) is 5.68. The van der Waals surface area contributed by atoms with E-state index in [0.717, 1.165) is 12.8 Å². The molecule has 1 aliphatic rings. The summed E-state index contributed by atoms with van der Waals surface area (Å²) in [5.41, 5.74) is 4.63. The van der Waals surface area contributed by atoms with Crippen LogP contribution >= 0.6 is 0 Å². The summed E-state index contributed by atoms with van der Waals surface area (Å²) in [4.78, 5) is 0. The molecular formula is C20H18. The number of benzene rings is 3. The first-order chi connectivity index (χ1) is 9.86. The molecule has 0 bridgehead atoms. The molecular weight excluding hydrogens is 240 g/mol. The van der Waals surface area contributed by atoms with Crippen LogP contribution in [-0.4, -0.2) is 0 Å². The van der Waals surface area contributed by atoms with Crippen LogP contribution < -0.4 is 0 Å². The SMILES string of the molecule is CCC1=CCc2c(ccc3c2ccc2ccccc23)C1. The average Bonchev–Trinajstić information content (AvgIpc) is 2.53. The highest BCUT2D eigenvalue weighted by Gasteiger charge is 2.13. The van der Waals surface area contributed by atoms with Crippen LogP contribution in [0, 0.1) is 0 Å². The third kappa shape index (κ3) is 1.68. The third-order valence-electron chi connectivity index (χ3n) is 4.60. The van der Waals surface area contributed by atoms with Gasteiger partial charge in [0.15, 0.2) is 0 Å². The van der Waals surface area contributed by atoms with Crippen molar-refractivity contribution in [2.24, 2.45) is 0 Å². The Balaban J connectivity index is 2.01. The van der Waals surface area contributed by atoms with Crippen molar-refractivity contribution in [2.45, 2.75) is 26.2 Å². The van der Waals surface area contributed by atoms with Crippen LogP contribution in [0.25, 0.3) is 21.5 Å². The molecule has 0 spiro atoms. The minimum Gasteiger partial charge on any atom is -0.0806 e. The molecule has 0 radical (unpaired) electrons. The van der Waals surface area contributed by atoms with Gasteiger partial charge < -0.3 is 0 Å². The van der Waals surface area contributed by atoms with Gasteiger partial charge in [-0.05, 0) is 51.9 Å². The molecule has 3 aromatic rings. The molecule has 0 aliphatic heterocycles. The molecule has 0 N–H and O–H groups in total. The Kier molecular flexibility index (Phi) is 2.63. The summed E-state index contributed by atoms with van der Waals surface area (Å²) in [6, 6.07) is 17.9. The Hall–Kier alpha value is -2.08. The molecule has 0 heteroatoms. The molecule has 0 saturated carbocycles. The molecule has 0 amide bonds. The normalized spacial score (nSPS) is 14.3. The van der Waals surface area contributed by atoms with Crippen LogP contribution in [-0.2, 0) is 12.8 Å². The van der Waals surface area contributed by atoms with Crippen LogP contribution in [0.1, 0.15) is 24.5 Å². The van der Waals surface area contributed by atoms with E-state index in [4.69, 9.17) is 0 Å². The lowest BCUT2D eigenvalue weighted by Crippen LogP contribution is -2.03. The first-order valence-corrected chi connectivity index (χ1v) is 7.47. The van der Waals surface area contributed by atoms with E-state index < -0.39 is 0 Å². The van der Waals surface area contributed by atoms with E-state index in [1.165, 1.54) is 39.1 Å². The Labute approximate surface area is 119 Å². The highest BCUT2D eigenvalue weighted by Crippen LogP contribution is 2.33. The lowest BCUT2D eigenvalue weighted by atomic mass is 9.86. The minimum absolute atomic E-state index is 1.09. The Morgan fingerprint density at radius 1 is 0.850 bits per heavy atom. The molecule has 3 aromatic carbocycles. The highest BCUT2D eigenvalue weighted by atomic mass is 14.2. The smallest absolute Gasteiger partial charge is 0.00640 e. The van der Waals surface area contributed by atoms with Gasteiger partial charge >= 0.3 is 0 Å². The van der Waals surface area contributed by atoms with Gasteiger partial charge in [0.2, 0.25) is 0 Å². The first-order valence-electron chi connectivity index (χ1n) is 7.47. The minimum atomic E-state index is 1.09. The topological polar surface area (TPSA) is 0 Å². The lowest BCUT2D eigenvalue weighted by molar-refractivity contribution is 0.944. The summed E-state index contributed by atoms with van der Waals surface area (Å²) >= 11 is 0. The fraction of sp³-hybridized carbons (Fsp3) is 0.200. The number of allylic oxidation sites excluding steroid dienone is 2. The fourth-order valence-corrected chi connectivity index (χ4v) is 3.44. The van der Waals surface area contributed by atoms with Crippen molar-refractivity contribution < 1.29 is 0 Å². The maximum absolute atomic E-state index is 2.43. The van der Waals surface area contributed by atoms with Gasteiger partial charge in [0.1, 0.15) is 0 Å². The van der Waals surface area contributed by atoms with E-state index in [0.29, 0.717) is 0 Å². The van der Waals surface area contributed by atoms with Crippen molar-refractivity contribution in [3.05, 3.63) is 71.3 Å². The van der Waals surface area contributed by atoms with Crippen LogP contribution in [0.5, 0.6) is 0 Å². The molecule has 0 unspecified atom stereocenters. The number of fused-ring (bicyclic) bond motifs is 5. The average molecular weight is 258 g/mol. The van der Waals surface area contributed by atoms with E-state index in [1.807, 2.05) is 0 Å². The van der Waals surface area contributed by atoms with Crippen molar-refractivity contribution in [2.75, 3.05) is 0 Å². The standard InChI is InChI=1S/C20H18/c1-2-14-7-10-18-16(13-14)9-12-19-17-6-4-3-5-15(17)8-11-20(18)19/h3-9,11-12H,2,10,13H2,1H3. The maximum atomic E-state index is 2.43. The second kappa shape index (κ2) is 4.49. The van der Waals surface area contributed by atoms with Crippen LogP contribution in [0.4, 0.5) is 0 Å². The summed E-state index contributed by atoms with van der Waals surface area (Å²) in [7, 11) is 0. The zero-order chi connectivity index (χ0) is 13.5. The van der Waals surface area contributed by atoms with E-state index in [2.05, 4.69) is 61.5 Å². The van der Waals surface area contributed by atoms with Crippen molar-refractivity contribution in [1.29, 1.82) is 0 Å². The van der Waals surface area contributed by atoms with Crippen LogP contribution in [0.15, 0.2) is 60.2 Å². The van der Waals surface area contributed by atoms with Crippen LogP contribution in [0.2, 0.25) is 0 Å². The van der Waals surface area contributed by atoms with Gasteiger partial charge in [0, 0.05) is 0 Å². The van der Waals surface area contributed by atoms with E-state index in [-0.39, 0.29) is 0 Å². The predicted octanol–water partition coefficient (Wildman–Crippen LogP) is 5.43.